The van der Waals surface area contributed by atoms with Crippen molar-refractivity contribution in [3.05, 3.63) is 71.3 Å². The van der Waals surface area contributed by atoms with Crippen LogP contribution in [-0.4, -0.2) is 48.4 Å². The number of aliphatic hydroxyl groups excluding tert-OH is 1. The van der Waals surface area contributed by atoms with E-state index in [-0.39, 0.29) is 24.4 Å². The number of aliphatic hydroxyl groups is 1. The smallest absolute Gasteiger partial charge is 0.414 e. The molecule has 152 valence electrons. The molecule has 0 saturated carbocycles. The number of nitrogens with zero attached hydrogens (tertiary/aromatic N) is 2. The van der Waals surface area contributed by atoms with Crippen molar-refractivity contribution in [3.8, 4) is 0 Å². The van der Waals surface area contributed by atoms with Gasteiger partial charge in [0, 0.05) is 25.2 Å². The number of carbonyl (C=O) groups is 1. The molecule has 0 bridgehead atoms. The maximum atomic E-state index is 14.8. The van der Waals surface area contributed by atoms with E-state index in [0.717, 1.165) is 23.6 Å². The van der Waals surface area contributed by atoms with Crippen LogP contribution >= 0.6 is 0 Å². The molecule has 0 spiro atoms. The second-order valence-corrected chi connectivity index (χ2v) is 7.28. The van der Waals surface area contributed by atoms with Crippen LogP contribution in [-0.2, 0) is 11.3 Å². The highest BCUT2D eigenvalue weighted by molar-refractivity contribution is 5.90. The van der Waals surface area contributed by atoms with Crippen LogP contribution < -0.4 is 4.90 Å². The number of cyclic esters (lactones) is 1. The lowest BCUT2D eigenvalue weighted by molar-refractivity contribution is 0.0963. The van der Waals surface area contributed by atoms with E-state index in [9.17, 15) is 13.6 Å². The standard InChI is InChI=1S/C22H22F2N2O3/c23-19-10-17(26-13-18(14-27)29-22(26)28)11-20(24)21(19)16-6-8-25(9-7-16)12-15-4-2-1-3-5-15/h1-6,10-11,18,27H,7-9,12-14H2/t18-/m1/s1. The van der Waals surface area contributed by atoms with E-state index in [1.54, 1.807) is 0 Å². The number of carbonyl (C=O) groups excluding carboxylic acids is 1. The van der Waals surface area contributed by atoms with Crippen molar-refractivity contribution in [1.29, 1.82) is 0 Å². The quantitative estimate of drug-likeness (QED) is 0.834. The van der Waals surface area contributed by atoms with Gasteiger partial charge < -0.3 is 9.84 Å². The fourth-order valence-corrected chi connectivity index (χ4v) is 3.77. The average Bonchev–Trinajstić information content (AvgIpc) is 3.10. The number of benzene rings is 2. The zero-order valence-corrected chi connectivity index (χ0v) is 15.9. The van der Waals surface area contributed by atoms with Crippen molar-refractivity contribution in [2.24, 2.45) is 0 Å². The van der Waals surface area contributed by atoms with Gasteiger partial charge in [0.2, 0.25) is 0 Å². The summed E-state index contributed by atoms with van der Waals surface area (Å²) in [4.78, 5) is 15.2. The summed E-state index contributed by atoms with van der Waals surface area (Å²) in [5, 5.41) is 9.12. The minimum Gasteiger partial charge on any atom is -0.441 e. The van der Waals surface area contributed by atoms with Crippen molar-refractivity contribution in [1.82, 2.24) is 4.90 Å². The van der Waals surface area contributed by atoms with Crippen LogP contribution in [0.1, 0.15) is 17.5 Å². The van der Waals surface area contributed by atoms with Crippen molar-refractivity contribution in [3.63, 3.8) is 0 Å². The lowest BCUT2D eigenvalue weighted by Crippen LogP contribution is -2.28. The van der Waals surface area contributed by atoms with E-state index in [2.05, 4.69) is 17.0 Å². The Balaban J connectivity index is 1.50. The van der Waals surface area contributed by atoms with Gasteiger partial charge >= 0.3 is 6.09 Å². The molecule has 0 aromatic heterocycles. The van der Waals surface area contributed by atoms with E-state index in [1.807, 2.05) is 24.3 Å². The molecule has 4 rings (SSSR count). The minimum atomic E-state index is -0.718. The molecule has 1 amide bonds. The van der Waals surface area contributed by atoms with Gasteiger partial charge in [0.1, 0.15) is 17.7 Å². The molecule has 0 radical (unpaired) electrons. The van der Waals surface area contributed by atoms with Gasteiger partial charge in [-0.2, -0.15) is 0 Å². The minimum absolute atomic E-state index is 0.0422. The number of hydrogen-bond acceptors (Lipinski definition) is 4. The molecular weight excluding hydrogens is 378 g/mol. The second-order valence-electron chi connectivity index (χ2n) is 7.28. The Morgan fingerprint density at radius 2 is 1.86 bits per heavy atom. The Kier molecular flexibility index (Phi) is 5.60. The van der Waals surface area contributed by atoms with Gasteiger partial charge in [-0.15, -0.1) is 0 Å². The molecule has 1 N–H and O–H groups in total. The van der Waals surface area contributed by atoms with Crippen LogP contribution in [0.5, 0.6) is 0 Å². The highest BCUT2D eigenvalue weighted by atomic mass is 19.1. The van der Waals surface area contributed by atoms with Crippen LogP contribution in [0, 0.1) is 11.6 Å². The summed E-state index contributed by atoms with van der Waals surface area (Å²) in [6.45, 7) is 1.83. The van der Waals surface area contributed by atoms with Crippen molar-refractivity contribution in [2.45, 2.75) is 19.1 Å². The molecule has 2 aliphatic heterocycles. The normalized spacial score (nSPS) is 20.0. The summed E-state index contributed by atoms with van der Waals surface area (Å²) in [6.07, 6.45) is 0.992. The predicted octanol–water partition coefficient (Wildman–Crippen LogP) is 3.57. The average molecular weight is 400 g/mol. The fraction of sp³-hybridized carbons (Fsp3) is 0.318. The fourth-order valence-electron chi connectivity index (χ4n) is 3.77. The highest BCUT2D eigenvalue weighted by Crippen LogP contribution is 2.32. The number of ether oxygens (including phenoxy) is 1. The van der Waals surface area contributed by atoms with E-state index in [1.165, 1.54) is 5.56 Å². The molecule has 1 saturated heterocycles. The van der Waals surface area contributed by atoms with Crippen LogP contribution in [0.4, 0.5) is 19.3 Å². The lowest BCUT2D eigenvalue weighted by atomic mass is 9.97. The number of hydrogen-bond donors (Lipinski definition) is 1. The van der Waals surface area contributed by atoms with Crippen LogP contribution in [0.15, 0.2) is 48.5 Å². The first kappa shape index (κ1) is 19.5. The molecule has 0 unspecified atom stereocenters. The van der Waals surface area contributed by atoms with Gasteiger partial charge in [-0.1, -0.05) is 36.4 Å². The summed E-state index contributed by atoms with van der Waals surface area (Å²) >= 11 is 0. The maximum absolute atomic E-state index is 14.8. The monoisotopic (exact) mass is 400 g/mol. The molecule has 1 atom stereocenters. The highest BCUT2D eigenvalue weighted by Gasteiger charge is 2.33. The van der Waals surface area contributed by atoms with Gasteiger partial charge in [-0.05, 0) is 29.7 Å². The van der Waals surface area contributed by atoms with Gasteiger partial charge in [0.25, 0.3) is 0 Å². The van der Waals surface area contributed by atoms with Crippen LogP contribution in [0.25, 0.3) is 5.57 Å². The van der Waals surface area contributed by atoms with E-state index >= 15 is 0 Å². The third-order valence-corrected chi connectivity index (χ3v) is 5.28. The Morgan fingerprint density at radius 3 is 2.45 bits per heavy atom. The number of rotatable bonds is 5. The van der Waals surface area contributed by atoms with Gasteiger partial charge in [0.15, 0.2) is 0 Å². The first-order valence-electron chi connectivity index (χ1n) is 9.59. The first-order valence-corrected chi connectivity index (χ1v) is 9.59. The first-order chi connectivity index (χ1) is 14.0. The molecule has 0 aliphatic carbocycles. The molecule has 1 fully saturated rings. The van der Waals surface area contributed by atoms with Gasteiger partial charge in [-0.25, -0.2) is 13.6 Å². The van der Waals surface area contributed by atoms with Crippen LogP contribution in [0.2, 0.25) is 0 Å². The van der Waals surface area contributed by atoms with Gasteiger partial charge in [-0.3, -0.25) is 9.80 Å². The zero-order valence-electron chi connectivity index (χ0n) is 15.9. The Bertz CT molecular complexity index is 910. The Hall–Kier alpha value is -2.77. The largest absolute Gasteiger partial charge is 0.441 e. The van der Waals surface area contributed by atoms with E-state index in [0.29, 0.717) is 25.1 Å². The summed E-state index contributed by atoms with van der Waals surface area (Å²) in [7, 11) is 0. The third-order valence-electron chi connectivity index (χ3n) is 5.28. The molecule has 2 aromatic rings. The predicted molar refractivity (Wildman–Crippen MR) is 105 cm³/mol. The molecule has 2 heterocycles. The van der Waals surface area contributed by atoms with E-state index < -0.39 is 23.8 Å². The number of halogens is 2. The molecule has 5 nitrogen and oxygen atoms in total. The topological polar surface area (TPSA) is 53.0 Å². The lowest BCUT2D eigenvalue weighted by Gasteiger charge is -2.27. The molecule has 2 aromatic carbocycles. The Morgan fingerprint density at radius 1 is 1.14 bits per heavy atom. The summed E-state index contributed by atoms with van der Waals surface area (Å²) in [5.74, 6) is -1.41. The molecule has 7 heteroatoms. The third kappa shape index (κ3) is 4.16. The summed E-state index contributed by atoms with van der Waals surface area (Å²) in [5.41, 5.74) is 1.88. The van der Waals surface area contributed by atoms with Crippen molar-refractivity contribution >= 4 is 17.4 Å². The van der Waals surface area contributed by atoms with Crippen LogP contribution in [0.3, 0.4) is 0 Å². The second kappa shape index (κ2) is 8.31. The molecular formula is C22H22F2N2O3. The number of amides is 1. The maximum Gasteiger partial charge on any atom is 0.414 e. The van der Waals surface area contributed by atoms with Gasteiger partial charge in [0.05, 0.1) is 18.8 Å². The molecule has 2 aliphatic rings. The van der Waals surface area contributed by atoms with E-state index in [4.69, 9.17) is 9.84 Å². The summed E-state index contributed by atoms with van der Waals surface area (Å²) in [6, 6.07) is 12.4. The SMILES string of the molecule is O=C1O[C@@H](CO)CN1c1cc(F)c(C2=CCN(Cc3ccccc3)CC2)c(F)c1. The molecule has 29 heavy (non-hydrogen) atoms. The van der Waals surface area contributed by atoms with Crippen molar-refractivity contribution < 1.29 is 23.4 Å². The summed E-state index contributed by atoms with van der Waals surface area (Å²) < 4.78 is 34.5. The van der Waals surface area contributed by atoms with Crippen molar-refractivity contribution in [2.75, 3.05) is 31.1 Å². The zero-order chi connectivity index (χ0) is 20.4. The Labute approximate surface area is 167 Å². The number of anilines is 1.